The number of ether oxygens (including phenoxy) is 1. The molecule has 1 heterocycles. The second-order valence-corrected chi connectivity index (χ2v) is 3.83. The van der Waals surface area contributed by atoms with Gasteiger partial charge in [-0.15, -0.1) is 0 Å². The van der Waals surface area contributed by atoms with Crippen molar-refractivity contribution in [2.45, 2.75) is 19.4 Å². The monoisotopic (exact) mass is 219 g/mol. The predicted octanol–water partition coefficient (Wildman–Crippen LogP) is 1.54. The fourth-order valence-corrected chi connectivity index (χ4v) is 1.83. The van der Waals surface area contributed by atoms with Gasteiger partial charge in [0.05, 0.1) is 6.54 Å². The van der Waals surface area contributed by atoms with E-state index in [9.17, 15) is 9.59 Å². The SMILES string of the molecule is CC(=O)c1ccccc1CC1CNC(=O)O1. The highest BCUT2D eigenvalue weighted by molar-refractivity contribution is 5.95. The zero-order chi connectivity index (χ0) is 11.5. The van der Waals surface area contributed by atoms with Gasteiger partial charge >= 0.3 is 6.09 Å². The smallest absolute Gasteiger partial charge is 0.407 e. The molecule has 0 spiro atoms. The van der Waals surface area contributed by atoms with E-state index in [2.05, 4.69) is 5.32 Å². The number of hydrogen-bond donors (Lipinski definition) is 1. The van der Waals surface area contributed by atoms with Crippen LogP contribution in [0, 0.1) is 0 Å². The standard InChI is InChI=1S/C12H13NO3/c1-8(14)11-5-3-2-4-9(11)6-10-7-13-12(15)16-10/h2-5,10H,6-7H2,1H3,(H,13,15). The first kappa shape index (κ1) is 10.7. The van der Waals surface area contributed by atoms with Crippen LogP contribution in [-0.2, 0) is 11.2 Å². The summed E-state index contributed by atoms with van der Waals surface area (Å²) in [7, 11) is 0. The van der Waals surface area contributed by atoms with Crippen LogP contribution in [0.3, 0.4) is 0 Å². The van der Waals surface area contributed by atoms with Gasteiger partial charge in [-0.05, 0) is 12.5 Å². The number of carbonyl (C=O) groups excluding carboxylic acids is 2. The number of hydrogen-bond acceptors (Lipinski definition) is 3. The van der Waals surface area contributed by atoms with Crippen molar-refractivity contribution >= 4 is 11.9 Å². The van der Waals surface area contributed by atoms with Crippen molar-refractivity contribution in [2.75, 3.05) is 6.54 Å². The van der Waals surface area contributed by atoms with Crippen LogP contribution in [0.2, 0.25) is 0 Å². The van der Waals surface area contributed by atoms with Crippen molar-refractivity contribution in [3.8, 4) is 0 Å². The van der Waals surface area contributed by atoms with Crippen LogP contribution in [0.4, 0.5) is 4.79 Å². The molecule has 1 aromatic rings. The van der Waals surface area contributed by atoms with Crippen molar-refractivity contribution in [2.24, 2.45) is 0 Å². The molecule has 16 heavy (non-hydrogen) atoms. The first-order valence-corrected chi connectivity index (χ1v) is 5.20. The quantitative estimate of drug-likeness (QED) is 0.784. The zero-order valence-corrected chi connectivity index (χ0v) is 9.03. The lowest BCUT2D eigenvalue weighted by Gasteiger charge is -2.10. The molecule has 1 unspecified atom stereocenters. The molecular formula is C12H13NO3. The van der Waals surface area contributed by atoms with Gasteiger partial charge in [-0.1, -0.05) is 24.3 Å². The Hall–Kier alpha value is -1.84. The molecule has 1 aliphatic rings. The van der Waals surface area contributed by atoms with Crippen LogP contribution < -0.4 is 5.32 Å². The third-order valence-corrected chi connectivity index (χ3v) is 2.59. The van der Waals surface area contributed by atoms with Crippen molar-refractivity contribution in [1.82, 2.24) is 5.32 Å². The number of cyclic esters (lactones) is 1. The normalized spacial score (nSPS) is 19.1. The van der Waals surface area contributed by atoms with E-state index >= 15 is 0 Å². The van der Waals surface area contributed by atoms with Gasteiger partial charge in [0, 0.05) is 12.0 Å². The summed E-state index contributed by atoms with van der Waals surface area (Å²) in [5.74, 6) is 0.0351. The predicted molar refractivity (Wildman–Crippen MR) is 58.4 cm³/mol. The minimum atomic E-state index is -0.384. The lowest BCUT2D eigenvalue weighted by molar-refractivity contribution is 0.101. The zero-order valence-electron chi connectivity index (χ0n) is 9.03. The summed E-state index contributed by atoms with van der Waals surface area (Å²) in [6.07, 6.45) is 0.0207. The van der Waals surface area contributed by atoms with Gasteiger partial charge in [0.2, 0.25) is 0 Å². The summed E-state index contributed by atoms with van der Waals surface area (Å²) in [6.45, 7) is 2.04. The van der Waals surface area contributed by atoms with Crippen molar-refractivity contribution < 1.29 is 14.3 Å². The molecule has 2 rings (SSSR count). The van der Waals surface area contributed by atoms with Crippen LogP contribution in [0.15, 0.2) is 24.3 Å². The van der Waals surface area contributed by atoms with Gasteiger partial charge in [-0.2, -0.15) is 0 Å². The lowest BCUT2D eigenvalue weighted by Crippen LogP contribution is -2.18. The molecule has 1 saturated heterocycles. The molecule has 1 amide bonds. The molecular weight excluding hydrogens is 206 g/mol. The summed E-state index contributed by atoms with van der Waals surface area (Å²) < 4.78 is 5.04. The van der Waals surface area contributed by atoms with E-state index in [4.69, 9.17) is 4.74 Å². The molecule has 1 aromatic carbocycles. The average molecular weight is 219 g/mol. The van der Waals surface area contributed by atoms with Gasteiger partial charge in [-0.25, -0.2) is 4.79 Å². The Bertz CT molecular complexity index is 428. The topological polar surface area (TPSA) is 55.4 Å². The minimum absolute atomic E-state index is 0.0351. The molecule has 0 bridgehead atoms. The average Bonchev–Trinajstić information content (AvgIpc) is 2.64. The van der Waals surface area contributed by atoms with Crippen LogP contribution >= 0.6 is 0 Å². The van der Waals surface area contributed by atoms with Crippen LogP contribution in [0.5, 0.6) is 0 Å². The molecule has 0 aromatic heterocycles. The maximum Gasteiger partial charge on any atom is 0.407 e. The van der Waals surface area contributed by atoms with Gasteiger partial charge in [0.25, 0.3) is 0 Å². The highest BCUT2D eigenvalue weighted by atomic mass is 16.6. The Kier molecular flexibility index (Phi) is 2.90. The first-order chi connectivity index (χ1) is 7.66. The summed E-state index contributed by atoms with van der Waals surface area (Å²) in [4.78, 5) is 22.2. The minimum Gasteiger partial charge on any atom is -0.444 e. The number of amides is 1. The largest absolute Gasteiger partial charge is 0.444 e. The third-order valence-electron chi connectivity index (χ3n) is 2.59. The van der Waals surface area contributed by atoms with Gasteiger partial charge in [0.15, 0.2) is 5.78 Å². The van der Waals surface area contributed by atoms with E-state index in [-0.39, 0.29) is 18.0 Å². The van der Waals surface area contributed by atoms with Gasteiger partial charge < -0.3 is 10.1 Å². The van der Waals surface area contributed by atoms with Crippen molar-refractivity contribution in [3.05, 3.63) is 35.4 Å². The molecule has 1 aliphatic heterocycles. The molecule has 1 fully saturated rings. The molecule has 1 atom stereocenters. The molecule has 4 heteroatoms. The number of nitrogens with one attached hydrogen (secondary N) is 1. The van der Waals surface area contributed by atoms with E-state index in [1.165, 1.54) is 6.92 Å². The Balaban J connectivity index is 2.14. The molecule has 0 saturated carbocycles. The number of rotatable bonds is 3. The highest BCUT2D eigenvalue weighted by Gasteiger charge is 2.23. The van der Waals surface area contributed by atoms with E-state index in [0.717, 1.165) is 5.56 Å². The fraction of sp³-hybridized carbons (Fsp3) is 0.333. The number of carbonyl (C=O) groups is 2. The highest BCUT2D eigenvalue weighted by Crippen LogP contribution is 2.15. The second kappa shape index (κ2) is 4.35. The maximum absolute atomic E-state index is 11.4. The van der Waals surface area contributed by atoms with E-state index in [0.29, 0.717) is 18.5 Å². The van der Waals surface area contributed by atoms with Gasteiger partial charge in [-0.3, -0.25) is 4.79 Å². The van der Waals surface area contributed by atoms with E-state index in [1.54, 1.807) is 6.07 Å². The number of alkyl carbamates (subject to hydrolysis) is 1. The Labute approximate surface area is 93.6 Å². The molecule has 1 N–H and O–H groups in total. The van der Waals surface area contributed by atoms with Crippen LogP contribution in [0.1, 0.15) is 22.8 Å². The van der Waals surface area contributed by atoms with Crippen LogP contribution in [-0.4, -0.2) is 24.5 Å². The number of ketones is 1. The maximum atomic E-state index is 11.4. The van der Waals surface area contributed by atoms with Crippen LogP contribution in [0.25, 0.3) is 0 Å². The summed E-state index contributed by atoms with van der Waals surface area (Å²) in [6, 6.07) is 7.40. The first-order valence-electron chi connectivity index (χ1n) is 5.20. The second-order valence-electron chi connectivity index (χ2n) is 3.83. The Morgan fingerprint density at radius 1 is 1.50 bits per heavy atom. The van der Waals surface area contributed by atoms with Crippen molar-refractivity contribution in [1.29, 1.82) is 0 Å². The number of Topliss-reactive ketones (excluding diaryl/α,β-unsaturated/α-hetero) is 1. The molecule has 0 aliphatic carbocycles. The molecule has 84 valence electrons. The van der Waals surface area contributed by atoms with E-state index in [1.807, 2.05) is 18.2 Å². The molecule has 0 radical (unpaired) electrons. The van der Waals surface area contributed by atoms with Gasteiger partial charge in [0.1, 0.15) is 6.10 Å². The summed E-state index contributed by atoms with van der Waals surface area (Å²) in [5.41, 5.74) is 1.63. The third kappa shape index (κ3) is 2.21. The summed E-state index contributed by atoms with van der Waals surface area (Å²) in [5, 5.41) is 2.59. The fourth-order valence-electron chi connectivity index (χ4n) is 1.83. The number of benzene rings is 1. The van der Waals surface area contributed by atoms with E-state index < -0.39 is 0 Å². The van der Waals surface area contributed by atoms with Crippen molar-refractivity contribution in [3.63, 3.8) is 0 Å². The Morgan fingerprint density at radius 3 is 2.88 bits per heavy atom. The Morgan fingerprint density at radius 2 is 2.25 bits per heavy atom. The molecule has 4 nitrogen and oxygen atoms in total. The summed E-state index contributed by atoms with van der Waals surface area (Å²) >= 11 is 0. The lowest BCUT2D eigenvalue weighted by atomic mass is 9.99.